The molecule has 0 aliphatic rings. The topological polar surface area (TPSA) is 92.9 Å². The highest BCUT2D eigenvalue weighted by molar-refractivity contribution is 7.13. The van der Waals surface area contributed by atoms with Crippen LogP contribution in [0, 0.1) is 0 Å². The molecule has 3 aromatic heterocycles. The van der Waals surface area contributed by atoms with Crippen LogP contribution >= 0.6 is 11.3 Å². The molecule has 0 saturated heterocycles. The Morgan fingerprint density at radius 2 is 2.14 bits per heavy atom. The summed E-state index contributed by atoms with van der Waals surface area (Å²) in [6.07, 6.45) is 6.34. The number of nitrogens with one attached hydrogen (secondary N) is 2. The minimum Gasteiger partial charge on any atom is -0.463 e. The fourth-order valence-electron chi connectivity index (χ4n) is 1.71. The number of rotatable bonds is 4. The fraction of sp³-hybridized carbons (Fsp3) is 0.0769. The molecular formula is C13H11N5O2S. The van der Waals surface area contributed by atoms with E-state index in [0.29, 0.717) is 22.3 Å². The largest absolute Gasteiger partial charge is 0.463 e. The van der Waals surface area contributed by atoms with E-state index in [1.165, 1.54) is 11.3 Å². The van der Waals surface area contributed by atoms with Crippen LogP contribution in [0.1, 0.15) is 5.69 Å². The molecule has 0 aromatic carbocycles. The van der Waals surface area contributed by atoms with E-state index >= 15 is 0 Å². The summed E-state index contributed by atoms with van der Waals surface area (Å²) in [4.78, 5) is 24.2. The number of furan rings is 1. The van der Waals surface area contributed by atoms with Crippen molar-refractivity contribution >= 4 is 22.5 Å². The van der Waals surface area contributed by atoms with Crippen molar-refractivity contribution in [3.8, 4) is 11.5 Å². The van der Waals surface area contributed by atoms with Crippen molar-refractivity contribution in [3.63, 3.8) is 0 Å². The molecule has 0 fully saturated rings. The first-order chi connectivity index (χ1) is 10.3. The maximum atomic E-state index is 11.8. The molecule has 3 heterocycles. The van der Waals surface area contributed by atoms with Gasteiger partial charge in [0.25, 0.3) is 0 Å². The molecule has 2 amide bonds. The van der Waals surface area contributed by atoms with Gasteiger partial charge in [-0.2, -0.15) is 0 Å². The van der Waals surface area contributed by atoms with E-state index in [-0.39, 0.29) is 12.6 Å². The molecular weight excluding hydrogens is 290 g/mol. The van der Waals surface area contributed by atoms with Crippen LogP contribution in [0.4, 0.5) is 9.93 Å². The van der Waals surface area contributed by atoms with E-state index in [1.54, 1.807) is 42.4 Å². The van der Waals surface area contributed by atoms with Gasteiger partial charge in [0.1, 0.15) is 5.69 Å². The summed E-state index contributed by atoms with van der Waals surface area (Å²) in [6, 6.07) is 3.22. The predicted molar refractivity (Wildman–Crippen MR) is 77.7 cm³/mol. The Balaban J connectivity index is 1.67. The van der Waals surface area contributed by atoms with Crippen LogP contribution < -0.4 is 10.6 Å². The van der Waals surface area contributed by atoms with Crippen LogP contribution in [-0.2, 0) is 6.54 Å². The first kappa shape index (κ1) is 13.3. The maximum Gasteiger partial charge on any atom is 0.321 e. The van der Waals surface area contributed by atoms with E-state index in [0.717, 1.165) is 0 Å². The molecule has 0 bridgehead atoms. The summed E-state index contributed by atoms with van der Waals surface area (Å²) >= 11 is 1.35. The van der Waals surface area contributed by atoms with Crippen LogP contribution in [0.5, 0.6) is 0 Å². The number of aromatic nitrogens is 3. The lowest BCUT2D eigenvalue weighted by molar-refractivity contribution is 0.251. The second-order valence-electron chi connectivity index (χ2n) is 3.97. The number of carbonyl (C=O) groups excluding carboxylic acids is 1. The smallest absolute Gasteiger partial charge is 0.321 e. The molecule has 3 aromatic rings. The van der Waals surface area contributed by atoms with Gasteiger partial charge in [-0.05, 0) is 12.1 Å². The second kappa shape index (κ2) is 6.14. The van der Waals surface area contributed by atoms with Gasteiger partial charge in [0.05, 0.1) is 18.5 Å². The number of carbonyl (C=O) groups is 1. The molecule has 3 rings (SSSR count). The SMILES string of the molecule is O=C(NCc1nccnc1-c1ccco1)Nc1nccs1. The summed E-state index contributed by atoms with van der Waals surface area (Å²) in [5.74, 6) is 0.611. The Kier molecular flexibility index (Phi) is 3.88. The Labute approximate surface area is 124 Å². The van der Waals surface area contributed by atoms with Gasteiger partial charge in [-0.25, -0.2) is 14.8 Å². The average Bonchev–Trinajstić information content (AvgIpc) is 3.18. The normalized spacial score (nSPS) is 10.3. The van der Waals surface area contributed by atoms with Crippen molar-refractivity contribution in [2.24, 2.45) is 0 Å². The van der Waals surface area contributed by atoms with Crippen molar-refractivity contribution < 1.29 is 9.21 Å². The van der Waals surface area contributed by atoms with Crippen molar-refractivity contribution in [2.45, 2.75) is 6.54 Å². The van der Waals surface area contributed by atoms with Gasteiger partial charge < -0.3 is 9.73 Å². The van der Waals surface area contributed by atoms with E-state index < -0.39 is 0 Å². The molecule has 0 unspecified atom stereocenters. The Morgan fingerprint density at radius 1 is 1.24 bits per heavy atom. The molecule has 2 N–H and O–H groups in total. The number of urea groups is 1. The molecule has 21 heavy (non-hydrogen) atoms. The first-order valence-corrected chi connectivity index (χ1v) is 6.99. The Hall–Kier alpha value is -2.74. The Morgan fingerprint density at radius 3 is 2.90 bits per heavy atom. The number of amides is 2. The molecule has 106 valence electrons. The number of hydrogen-bond acceptors (Lipinski definition) is 6. The van der Waals surface area contributed by atoms with Crippen molar-refractivity contribution in [1.29, 1.82) is 0 Å². The van der Waals surface area contributed by atoms with Gasteiger partial charge in [-0.1, -0.05) is 0 Å². The van der Waals surface area contributed by atoms with Crippen LogP contribution in [-0.4, -0.2) is 21.0 Å². The van der Waals surface area contributed by atoms with Gasteiger partial charge in [0.2, 0.25) is 0 Å². The number of thiazole rings is 1. The van der Waals surface area contributed by atoms with Crippen molar-refractivity contribution in [1.82, 2.24) is 20.3 Å². The summed E-state index contributed by atoms with van der Waals surface area (Å²) in [7, 11) is 0. The van der Waals surface area contributed by atoms with E-state index in [9.17, 15) is 4.79 Å². The quantitative estimate of drug-likeness (QED) is 0.772. The van der Waals surface area contributed by atoms with Gasteiger partial charge in [0.15, 0.2) is 10.9 Å². The summed E-state index contributed by atoms with van der Waals surface area (Å²) in [6.45, 7) is 0.237. The first-order valence-electron chi connectivity index (χ1n) is 6.11. The summed E-state index contributed by atoms with van der Waals surface area (Å²) in [5, 5.41) is 7.67. The van der Waals surface area contributed by atoms with Crippen LogP contribution in [0.3, 0.4) is 0 Å². The van der Waals surface area contributed by atoms with Crippen molar-refractivity contribution in [3.05, 3.63) is 48.1 Å². The minimum atomic E-state index is -0.346. The van der Waals surface area contributed by atoms with Crippen LogP contribution in [0.15, 0.2) is 46.8 Å². The van der Waals surface area contributed by atoms with Crippen molar-refractivity contribution in [2.75, 3.05) is 5.32 Å². The third kappa shape index (κ3) is 3.23. The minimum absolute atomic E-state index is 0.237. The fourth-order valence-corrected chi connectivity index (χ4v) is 2.23. The van der Waals surface area contributed by atoms with E-state index in [4.69, 9.17) is 4.42 Å². The predicted octanol–water partition coefficient (Wildman–Crippen LogP) is 2.51. The number of hydrogen-bond donors (Lipinski definition) is 2. The van der Waals surface area contributed by atoms with Gasteiger partial charge >= 0.3 is 6.03 Å². The zero-order valence-electron chi connectivity index (χ0n) is 10.8. The monoisotopic (exact) mass is 301 g/mol. The third-order valence-corrected chi connectivity index (χ3v) is 3.29. The standard InChI is InChI=1S/C13H11N5O2S/c19-12(18-13-16-5-7-21-13)17-8-9-11(15-4-3-14-9)10-2-1-6-20-10/h1-7H,8H2,(H2,16,17,18,19). The Bertz CT molecular complexity index is 712. The van der Waals surface area contributed by atoms with Crippen LogP contribution in [0.2, 0.25) is 0 Å². The highest BCUT2D eigenvalue weighted by Gasteiger charge is 2.11. The lowest BCUT2D eigenvalue weighted by atomic mass is 10.2. The highest BCUT2D eigenvalue weighted by atomic mass is 32.1. The highest BCUT2D eigenvalue weighted by Crippen LogP contribution is 2.19. The van der Waals surface area contributed by atoms with Gasteiger partial charge in [0, 0.05) is 24.0 Å². The number of anilines is 1. The van der Waals surface area contributed by atoms with E-state index in [1.807, 2.05) is 0 Å². The van der Waals surface area contributed by atoms with E-state index in [2.05, 4.69) is 25.6 Å². The lowest BCUT2D eigenvalue weighted by Crippen LogP contribution is -2.28. The molecule has 0 spiro atoms. The zero-order chi connectivity index (χ0) is 14.5. The summed E-state index contributed by atoms with van der Waals surface area (Å²) < 4.78 is 5.31. The van der Waals surface area contributed by atoms with Crippen LogP contribution in [0.25, 0.3) is 11.5 Å². The second-order valence-corrected chi connectivity index (χ2v) is 4.87. The zero-order valence-corrected chi connectivity index (χ0v) is 11.6. The third-order valence-electron chi connectivity index (χ3n) is 2.60. The maximum absolute atomic E-state index is 11.8. The molecule has 0 atom stereocenters. The molecule has 0 saturated carbocycles. The van der Waals surface area contributed by atoms with Gasteiger partial charge in [-0.3, -0.25) is 10.3 Å². The summed E-state index contributed by atoms with van der Waals surface area (Å²) in [5.41, 5.74) is 1.23. The molecule has 7 nitrogen and oxygen atoms in total. The average molecular weight is 301 g/mol. The molecule has 8 heteroatoms. The molecule has 0 aliphatic heterocycles. The number of nitrogens with zero attached hydrogens (tertiary/aromatic N) is 3. The van der Waals surface area contributed by atoms with Gasteiger partial charge in [-0.15, -0.1) is 11.3 Å². The molecule has 0 aliphatic carbocycles. The lowest BCUT2D eigenvalue weighted by Gasteiger charge is -2.07. The molecule has 0 radical (unpaired) electrons.